The molecule has 0 fully saturated rings. The SMILES string of the molecule is CCCC(CC)c1cn2cc(C(=O)Nc3cnn4cc(C)cnc34)ccc2n1. The number of rotatable bonds is 6. The average molecular weight is 376 g/mol. The molecule has 0 bridgehead atoms. The van der Waals surface area contributed by atoms with Crippen molar-refractivity contribution >= 4 is 22.9 Å². The lowest BCUT2D eigenvalue weighted by Crippen LogP contribution is -2.12. The normalized spacial score (nSPS) is 12.5. The van der Waals surface area contributed by atoms with Crippen LogP contribution in [-0.2, 0) is 0 Å². The molecule has 0 aromatic carbocycles. The average Bonchev–Trinajstić information content (AvgIpc) is 3.29. The topological polar surface area (TPSA) is 76.6 Å². The van der Waals surface area contributed by atoms with Gasteiger partial charge in [0.05, 0.1) is 17.5 Å². The van der Waals surface area contributed by atoms with E-state index in [4.69, 9.17) is 4.98 Å². The molecule has 0 saturated carbocycles. The molecule has 7 heteroatoms. The Kier molecular flexibility index (Phi) is 4.81. The molecule has 7 nitrogen and oxygen atoms in total. The van der Waals surface area contributed by atoms with E-state index in [2.05, 4.69) is 29.2 Å². The third kappa shape index (κ3) is 3.35. The van der Waals surface area contributed by atoms with E-state index in [1.54, 1.807) is 23.0 Å². The van der Waals surface area contributed by atoms with Crippen molar-refractivity contribution in [2.45, 2.75) is 46.0 Å². The Balaban J connectivity index is 1.60. The van der Waals surface area contributed by atoms with Crippen LogP contribution < -0.4 is 5.32 Å². The van der Waals surface area contributed by atoms with Crippen molar-refractivity contribution in [3.8, 4) is 0 Å². The molecule has 4 rings (SSSR count). The molecule has 0 aliphatic heterocycles. The van der Waals surface area contributed by atoms with Crippen molar-refractivity contribution < 1.29 is 4.79 Å². The van der Waals surface area contributed by atoms with E-state index in [0.29, 0.717) is 22.8 Å². The highest BCUT2D eigenvalue weighted by atomic mass is 16.1. The first kappa shape index (κ1) is 18.2. The summed E-state index contributed by atoms with van der Waals surface area (Å²) in [6.45, 7) is 6.33. The second-order valence-electron chi connectivity index (χ2n) is 7.15. The number of imidazole rings is 1. The fourth-order valence-corrected chi connectivity index (χ4v) is 3.50. The predicted molar refractivity (Wildman–Crippen MR) is 109 cm³/mol. The summed E-state index contributed by atoms with van der Waals surface area (Å²) in [5.41, 5.74) is 4.72. The molecular weight excluding hydrogens is 352 g/mol. The largest absolute Gasteiger partial charge is 0.317 e. The molecule has 1 unspecified atom stereocenters. The fraction of sp³-hybridized carbons (Fsp3) is 0.333. The molecule has 4 aromatic heterocycles. The van der Waals surface area contributed by atoms with E-state index in [1.165, 1.54) is 0 Å². The molecule has 1 N–H and O–H groups in total. The Morgan fingerprint density at radius 3 is 2.82 bits per heavy atom. The monoisotopic (exact) mass is 376 g/mol. The Labute approximate surface area is 163 Å². The lowest BCUT2D eigenvalue weighted by Gasteiger charge is -2.09. The lowest BCUT2D eigenvalue weighted by atomic mass is 9.98. The summed E-state index contributed by atoms with van der Waals surface area (Å²) in [5.74, 6) is 0.255. The van der Waals surface area contributed by atoms with Gasteiger partial charge in [0.15, 0.2) is 5.65 Å². The van der Waals surface area contributed by atoms with Gasteiger partial charge in [-0.05, 0) is 37.5 Å². The summed E-state index contributed by atoms with van der Waals surface area (Å²) in [6, 6.07) is 3.68. The third-order valence-electron chi connectivity index (χ3n) is 5.01. The van der Waals surface area contributed by atoms with Crippen molar-refractivity contribution in [1.82, 2.24) is 24.0 Å². The van der Waals surface area contributed by atoms with E-state index in [0.717, 1.165) is 36.2 Å². The van der Waals surface area contributed by atoms with Crippen LogP contribution in [-0.4, -0.2) is 29.9 Å². The van der Waals surface area contributed by atoms with E-state index in [1.807, 2.05) is 36.0 Å². The second kappa shape index (κ2) is 7.42. The van der Waals surface area contributed by atoms with Crippen LogP contribution >= 0.6 is 0 Å². The maximum atomic E-state index is 12.8. The van der Waals surface area contributed by atoms with Gasteiger partial charge in [0, 0.05) is 30.7 Å². The lowest BCUT2D eigenvalue weighted by molar-refractivity contribution is 0.102. The number of carbonyl (C=O) groups excluding carboxylic acids is 1. The van der Waals surface area contributed by atoms with Gasteiger partial charge in [-0.2, -0.15) is 5.10 Å². The van der Waals surface area contributed by atoms with Gasteiger partial charge in [-0.15, -0.1) is 0 Å². The van der Waals surface area contributed by atoms with Crippen molar-refractivity contribution in [1.29, 1.82) is 0 Å². The number of nitrogens with one attached hydrogen (secondary N) is 1. The molecule has 1 atom stereocenters. The maximum Gasteiger partial charge on any atom is 0.257 e. The zero-order valence-electron chi connectivity index (χ0n) is 16.4. The minimum Gasteiger partial charge on any atom is -0.317 e. The smallest absolute Gasteiger partial charge is 0.257 e. The van der Waals surface area contributed by atoms with Crippen LogP contribution in [0.15, 0.2) is 43.1 Å². The zero-order valence-corrected chi connectivity index (χ0v) is 16.4. The van der Waals surface area contributed by atoms with Gasteiger partial charge >= 0.3 is 0 Å². The van der Waals surface area contributed by atoms with Gasteiger partial charge in [0.2, 0.25) is 0 Å². The number of fused-ring (bicyclic) bond motifs is 2. The first-order valence-electron chi connectivity index (χ1n) is 9.69. The van der Waals surface area contributed by atoms with E-state index < -0.39 is 0 Å². The summed E-state index contributed by atoms with van der Waals surface area (Å²) in [5, 5.41) is 7.16. The van der Waals surface area contributed by atoms with E-state index in [9.17, 15) is 4.79 Å². The van der Waals surface area contributed by atoms with Crippen molar-refractivity contribution in [3.05, 3.63) is 59.9 Å². The highest BCUT2D eigenvalue weighted by Crippen LogP contribution is 2.24. The van der Waals surface area contributed by atoms with Gasteiger partial charge in [0.1, 0.15) is 11.3 Å². The van der Waals surface area contributed by atoms with Crippen LogP contribution in [0.5, 0.6) is 0 Å². The van der Waals surface area contributed by atoms with Gasteiger partial charge < -0.3 is 9.72 Å². The summed E-state index contributed by atoms with van der Waals surface area (Å²) < 4.78 is 3.59. The van der Waals surface area contributed by atoms with Crippen LogP contribution in [0.1, 0.15) is 60.6 Å². The minimum absolute atomic E-state index is 0.199. The Hall–Kier alpha value is -3.22. The van der Waals surface area contributed by atoms with Crippen LogP contribution in [0.2, 0.25) is 0 Å². The number of amides is 1. The summed E-state index contributed by atoms with van der Waals surface area (Å²) in [6.07, 6.45) is 12.4. The van der Waals surface area contributed by atoms with E-state index >= 15 is 0 Å². The van der Waals surface area contributed by atoms with E-state index in [-0.39, 0.29) is 5.91 Å². The van der Waals surface area contributed by atoms with Crippen molar-refractivity contribution in [2.75, 3.05) is 5.32 Å². The summed E-state index contributed by atoms with van der Waals surface area (Å²) >= 11 is 0. The van der Waals surface area contributed by atoms with Gasteiger partial charge in [-0.3, -0.25) is 4.79 Å². The van der Waals surface area contributed by atoms with Crippen molar-refractivity contribution in [2.24, 2.45) is 0 Å². The standard InChI is InChI=1S/C21H24N6O/c1-4-6-15(5-2)18-13-26-12-16(7-8-19(26)24-18)21(28)25-17-10-23-27-11-14(3)9-22-20(17)27/h7-13,15H,4-6H2,1-3H3,(H,25,28). The number of carbonyl (C=O) groups is 1. The van der Waals surface area contributed by atoms with Crippen LogP contribution in [0.4, 0.5) is 5.69 Å². The molecule has 0 spiro atoms. The number of aromatic nitrogens is 5. The molecule has 28 heavy (non-hydrogen) atoms. The Morgan fingerprint density at radius 2 is 2.04 bits per heavy atom. The summed E-state index contributed by atoms with van der Waals surface area (Å²) in [4.78, 5) is 21.8. The predicted octanol–water partition coefficient (Wildman–Crippen LogP) is 4.23. The van der Waals surface area contributed by atoms with Gasteiger partial charge in [-0.1, -0.05) is 20.3 Å². The van der Waals surface area contributed by atoms with Crippen LogP contribution in [0, 0.1) is 6.92 Å². The third-order valence-corrected chi connectivity index (χ3v) is 5.01. The molecule has 0 aliphatic carbocycles. The minimum atomic E-state index is -0.199. The number of hydrogen-bond acceptors (Lipinski definition) is 4. The molecule has 0 saturated heterocycles. The number of pyridine rings is 1. The number of anilines is 1. The first-order valence-corrected chi connectivity index (χ1v) is 9.69. The second-order valence-corrected chi connectivity index (χ2v) is 7.15. The zero-order chi connectivity index (χ0) is 19.7. The number of nitrogens with zero attached hydrogens (tertiary/aromatic N) is 5. The van der Waals surface area contributed by atoms with Gasteiger partial charge in [-0.25, -0.2) is 14.5 Å². The van der Waals surface area contributed by atoms with Crippen LogP contribution in [0.3, 0.4) is 0 Å². The molecular formula is C21H24N6O. The molecule has 0 aliphatic rings. The molecule has 0 radical (unpaired) electrons. The number of aryl methyl sites for hydroxylation is 1. The molecule has 4 heterocycles. The molecule has 4 aromatic rings. The summed E-state index contributed by atoms with van der Waals surface area (Å²) in [7, 11) is 0. The quantitative estimate of drug-likeness (QED) is 0.546. The van der Waals surface area contributed by atoms with Crippen LogP contribution in [0.25, 0.3) is 11.3 Å². The maximum absolute atomic E-state index is 12.8. The number of hydrogen-bond donors (Lipinski definition) is 1. The van der Waals surface area contributed by atoms with Crippen molar-refractivity contribution in [3.63, 3.8) is 0 Å². The first-order chi connectivity index (χ1) is 13.6. The highest BCUT2D eigenvalue weighted by Gasteiger charge is 2.15. The van der Waals surface area contributed by atoms with Gasteiger partial charge in [0.25, 0.3) is 5.91 Å². The highest BCUT2D eigenvalue weighted by molar-refractivity contribution is 6.05. The Morgan fingerprint density at radius 1 is 1.18 bits per heavy atom. The Bertz CT molecular complexity index is 1140. The fourth-order valence-electron chi connectivity index (χ4n) is 3.50. The molecule has 144 valence electrons. The molecule has 1 amide bonds.